The maximum Gasteiger partial charge on any atom is 0.269 e. The van der Waals surface area contributed by atoms with E-state index in [4.69, 9.17) is 0 Å². The van der Waals surface area contributed by atoms with Crippen LogP contribution in [0.1, 0.15) is 37.0 Å². The summed E-state index contributed by atoms with van der Waals surface area (Å²) in [5, 5.41) is 8.05. The van der Waals surface area contributed by atoms with Crippen molar-refractivity contribution in [2.45, 2.75) is 33.2 Å². The maximum atomic E-state index is 12.1. The Morgan fingerprint density at radius 1 is 1.59 bits per heavy atom. The number of amides is 1. The third-order valence-corrected chi connectivity index (χ3v) is 3.51. The van der Waals surface area contributed by atoms with Crippen molar-refractivity contribution in [2.24, 2.45) is 13.0 Å². The van der Waals surface area contributed by atoms with E-state index in [0.29, 0.717) is 11.6 Å². The minimum Gasteiger partial charge on any atom is -0.347 e. The minimum atomic E-state index is -0.0575. The number of carbonyl (C=O) groups is 1. The lowest BCUT2D eigenvalue weighted by Gasteiger charge is -2.19. The number of carbonyl (C=O) groups excluding carboxylic acids is 1. The molecule has 4 nitrogen and oxygen atoms in total. The molecule has 0 spiro atoms. The summed E-state index contributed by atoms with van der Waals surface area (Å²) in [6, 6.07) is 1.99. The van der Waals surface area contributed by atoms with E-state index in [2.05, 4.69) is 40.2 Å². The molecule has 1 aromatic rings. The Labute approximate surface area is 111 Å². The SMILES string of the molecule is CCc1cc(C(=O)NC(CBr)C(C)C)n(C)n1. The third kappa shape index (κ3) is 3.56. The highest BCUT2D eigenvalue weighted by Crippen LogP contribution is 2.08. The first-order valence-electron chi connectivity index (χ1n) is 5.89. The van der Waals surface area contributed by atoms with Gasteiger partial charge in [-0.15, -0.1) is 0 Å². The number of nitrogens with one attached hydrogen (secondary N) is 1. The van der Waals surface area contributed by atoms with Crippen LogP contribution in [0.25, 0.3) is 0 Å². The van der Waals surface area contributed by atoms with Crippen molar-refractivity contribution in [3.63, 3.8) is 0 Å². The van der Waals surface area contributed by atoms with Gasteiger partial charge in [-0.25, -0.2) is 0 Å². The van der Waals surface area contributed by atoms with E-state index in [0.717, 1.165) is 17.4 Å². The maximum absolute atomic E-state index is 12.1. The summed E-state index contributed by atoms with van der Waals surface area (Å²) in [5.74, 6) is 0.343. The number of aromatic nitrogens is 2. The lowest BCUT2D eigenvalue weighted by atomic mass is 10.1. The molecular formula is C12H20BrN3O. The number of hydrogen-bond donors (Lipinski definition) is 1. The first kappa shape index (κ1) is 14.2. The van der Waals surface area contributed by atoms with Crippen molar-refractivity contribution in [3.05, 3.63) is 17.5 Å². The Hall–Kier alpha value is -0.840. The zero-order valence-corrected chi connectivity index (χ0v) is 12.4. The van der Waals surface area contributed by atoms with Gasteiger partial charge in [-0.05, 0) is 18.4 Å². The van der Waals surface area contributed by atoms with Gasteiger partial charge in [0.2, 0.25) is 0 Å². The molecule has 0 aliphatic carbocycles. The number of nitrogens with zero attached hydrogens (tertiary/aromatic N) is 2. The average Bonchev–Trinajstić information content (AvgIpc) is 2.66. The van der Waals surface area contributed by atoms with E-state index < -0.39 is 0 Å². The largest absolute Gasteiger partial charge is 0.347 e. The highest BCUT2D eigenvalue weighted by Gasteiger charge is 2.18. The van der Waals surface area contributed by atoms with E-state index in [1.807, 2.05) is 13.0 Å². The van der Waals surface area contributed by atoms with Crippen molar-refractivity contribution in [2.75, 3.05) is 5.33 Å². The summed E-state index contributed by atoms with van der Waals surface area (Å²) in [6.07, 6.45) is 0.840. The Kier molecular flexibility index (Phi) is 5.18. The van der Waals surface area contributed by atoms with Gasteiger partial charge in [0, 0.05) is 18.4 Å². The van der Waals surface area contributed by atoms with Crippen molar-refractivity contribution in [1.29, 1.82) is 0 Å². The standard InChI is InChI=1S/C12H20BrN3O/c1-5-9-6-11(16(4)15-9)12(17)14-10(7-13)8(2)3/h6,8,10H,5,7H2,1-4H3,(H,14,17). The molecule has 1 unspecified atom stereocenters. The topological polar surface area (TPSA) is 46.9 Å². The number of aryl methyl sites for hydroxylation is 2. The monoisotopic (exact) mass is 301 g/mol. The molecule has 1 amide bonds. The Bertz CT molecular complexity index is 387. The molecule has 0 radical (unpaired) electrons. The zero-order chi connectivity index (χ0) is 13.0. The fraction of sp³-hybridized carbons (Fsp3) is 0.667. The molecule has 1 atom stereocenters. The molecule has 5 heteroatoms. The van der Waals surface area contributed by atoms with Gasteiger partial charge in [-0.3, -0.25) is 9.48 Å². The highest BCUT2D eigenvalue weighted by molar-refractivity contribution is 9.09. The van der Waals surface area contributed by atoms with Gasteiger partial charge < -0.3 is 5.32 Å². The molecule has 0 aromatic carbocycles. The highest BCUT2D eigenvalue weighted by atomic mass is 79.9. The van der Waals surface area contributed by atoms with Gasteiger partial charge in [-0.1, -0.05) is 36.7 Å². The van der Waals surface area contributed by atoms with E-state index in [-0.39, 0.29) is 11.9 Å². The molecule has 1 heterocycles. The predicted octanol–water partition coefficient (Wildman–Crippen LogP) is 2.13. The van der Waals surface area contributed by atoms with Gasteiger partial charge in [0.15, 0.2) is 0 Å². The lowest BCUT2D eigenvalue weighted by molar-refractivity contribution is 0.0922. The van der Waals surface area contributed by atoms with Crippen LogP contribution in [0.5, 0.6) is 0 Å². The molecule has 17 heavy (non-hydrogen) atoms. The molecular weight excluding hydrogens is 282 g/mol. The number of rotatable bonds is 5. The normalized spacial score (nSPS) is 12.8. The number of alkyl halides is 1. The summed E-state index contributed by atoms with van der Waals surface area (Å²) in [6.45, 7) is 6.21. The van der Waals surface area contributed by atoms with Crippen LogP contribution in [0.4, 0.5) is 0 Å². The predicted molar refractivity (Wildman–Crippen MR) is 72.5 cm³/mol. The summed E-state index contributed by atoms with van der Waals surface area (Å²) >= 11 is 3.42. The fourth-order valence-corrected chi connectivity index (χ4v) is 2.45. The van der Waals surface area contributed by atoms with Gasteiger partial charge in [-0.2, -0.15) is 5.10 Å². The smallest absolute Gasteiger partial charge is 0.269 e. The lowest BCUT2D eigenvalue weighted by Crippen LogP contribution is -2.40. The molecule has 1 rings (SSSR count). The third-order valence-electron chi connectivity index (χ3n) is 2.81. The second-order valence-corrected chi connectivity index (χ2v) is 5.12. The van der Waals surface area contributed by atoms with Crippen LogP contribution in [0, 0.1) is 5.92 Å². The second kappa shape index (κ2) is 6.19. The summed E-state index contributed by atoms with van der Waals surface area (Å²) in [4.78, 5) is 12.1. The van der Waals surface area contributed by atoms with Crippen molar-refractivity contribution in [3.8, 4) is 0 Å². The van der Waals surface area contributed by atoms with Crippen molar-refractivity contribution < 1.29 is 4.79 Å². The van der Waals surface area contributed by atoms with Gasteiger partial charge >= 0.3 is 0 Å². The molecule has 1 N–H and O–H groups in total. The average molecular weight is 302 g/mol. The van der Waals surface area contributed by atoms with E-state index in [1.165, 1.54) is 0 Å². The Balaban J connectivity index is 2.78. The fourth-order valence-electron chi connectivity index (χ4n) is 1.54. The van der Waals surface area contributed by atoms with Crippen LogP contribution >= 0.6 is 15.9 Å². The first-order valence-corrected chi connectivity index (χ1v) is 7.01. The molecule has 0 aliphatic rings. The minimum absolute atomic E-state index is 0.0575. The van der Waals surface area contributed by atoms with Crippen LogP contribution < -0.4 is 5.32 Å². The Morgan fingerprint density at radius 3 is 2.65 bits per heavy atom. The van der Waals surface area contributed by atoms with Crippen LogP contribution in [-0.4, -0.2) is 27.1 Å². The van der Waals surface area contributed by atoms with Crippen LogP contribution in [-0.2, 0) is 13.5 Å². The summed E-state index contributed by atoms with van der Waals surface area (Å²) < 4.78 is 1.64. The van der Waals surface area contributed by atoms with Crippen LogP contribution in [0.2, 0.25) is 0 Å². The first-order chi connectivity index (χ1) is 7.99. The molecule has 0 fully saturated rings. The Morgan fingerprint density at radius 2 is 2.24 bits per heavy atom. The van der Waals surface area contributed by atoms with Gasteiger partial charge in [0.1, 0.15) is 5.69 Å². The molecule has 0 bridgehead atoms. The molecule has 96 valence electrons. The molecule has 0 saturated carbocycles. The number of halogens is 1. The number of hydrogen-bond acceptors (Lipinski definition) is 2. The van der Waals surface area contributed by atoms with E-state index in [9.17, 15) is 4.79 Å². The zero-order valence-electron chi connectivity index (χ0n) is 10.8. The van der Waals surface area contributed by atoms with Gasteiger partial charge in [0.25, 0.3) is 5.91 Å². The van der Waals surface area contributed by atoms with Crippen LogP contribution in [0.15, 0.2) is 6.07 Å². The van der Waals surface area contributed by atoms with Crippen molar-refractivity contribution in [1.82, 2.24) is 15.1 Å². The second-order valence-electron chi connectivity index (χ2n) is 4.48. The van der Waals surface area contributed by atoms with Crippen molar-refractivity contribution >= 4 is 21.8 Å². The van der Waals surface area contributed by atoms with Crippen LogP contribution in [0.3, 0.4) is 0 Å². The molecule has 0 saturated heterocycles. The summed E-state index contributed by atoms with van der Waals surface area (Å²) in [5.41, 5.74) is 1.56. The summed E-state index contributed by atoms with van der Waals surface area (Å²) in [7, 11) is 1.80. The van der Waals surface area contributed by atoms with E-state index >= 15 is 0 Å². The molecule has 0 aliphatic heterocycles. The van der Waals surface area contributed by atoms with E-state index in [1.54, 1.807) is 11.7 Å². The quantitative estimate of drug-likeness (QED) is 0.847. The van der Waals surface area contributed by atoms with Gasteiger partial charge in [0.05, 0.1) is 5.69 Å². The molecule has 1 aromatic heterocycles.